The van der Waals surface area contributed by atoms with Crippen LogP contribution in [0.5, 0.6) is 0 Å². The van der Waals surface area contributed by atoms with Crippen LogP contribution in [0.4, 0.5) is 5.69 Å². The molecule has 17 heavy (non-hydrogen) atoms. The van der Waals surface area contributed by atoms with Crippen LogP contribution >= 0.6 is 0 Å². The van der Waals surface area contributed by atoms with Crippen molar-refractivity contribution < 1.29 is 18.3 Å². The van der Waals surface area contributed by atoms with Gasteiger partial charge in [0.1, 0.15) is 5.69 Å². The highest BCUT2D eigenvalue weighted by Gasteiger charge is 2.21. The Balaban J connectivity index is 2.13. The zero-order valence-electron chi connectivity index (χ0n) is 8.70. The Hall–Kier alpha value is -1.89. The SMILES string of the molecule is O=C(O)c1cc(NC2C=CS(=O)(=O)C2)ccn1. The minimum atomic E-state index is -3.12. The number of carboxylic acid groups (broad SMARTS) is 1. The van der Waals surface area contributed by atoms with Crippen molar-refractivity contribution in [3.8, 4) is 0 Å². The molecule has 1 aliphatic rings. The number of hydrogen-bond acceptors (Lipinski definition) is 5. The smallest absolute Gasteiger partial charge is 0.354 e. The maximum absolute atomic E-state index is 11.2. The Morgan fingerprint density at radius 2 is 2.29 bits per heavy atom. The van der Waals surface area contributed by atoms with E-state index < -0.39 is 15.8 Å². The molecule has 1 aromatic rings. The summed E-state index contributed by atoms with van der Waals surface area (Å²) in [5.41, 5.74) is 0.448. The van der Waals surface area contributed by atoms with E-state index in [2.05, 4.69) is 10.3 Å². The number of carbonyl (C=O) groups is 1. The molecule has 2 N–H and O–H groups in total. The van der Waals surface area contributed by atoms with E-state index in [4.69, 9.17) is 5.11 Å². The van der Waals surface area contributed by atoms with E-state index in [1.54, 1.807) is 6.07 Å². The molecule has 1 aliphatic heterocycles. The van der Waals surface area contributed by atoms with E-state index >= 15 is 0 Å². The number of sulfone groups is 1. The number of aromatic nitrogens is 1. The van der Waals surface area contributed by atoms with Crippen molar-refractivity contribution in [2.75, 3.05) is 11.1 Å². The average molecular weight is 254 g/mol. The highest BCUT2D eigenvalue weighted by atomic mass is 32.2. The quantitative estimate of drug-likeness (QED) is 0.815. The maximum atomic E-state index is 11.2. The molecule has 2 heterocycles. The largest absolute Gasteiger partial charge is 0.477 e. The zero-order valence-corrected chi connectivity index (χ0v) is 9.52. The highest BCUT2D eigenvalue weighted by Crippen LogP contribution is 2.15. The Labute approximate surface area is 97.9 Å². The van der Waals surface area contributed by atoms with Gasteiger partial charge in [-0.15, -0.1) is 0 Å². The van der Waals surface area contributed by atoms with Crippen molar-refractivity contribution in [3.05, 3.63) is 35.5 Å². The number of aromatic carboxylic acids is 1. The number of nitrogens with one attached hydrogen (secondary N) is 1. The first-order chi connectivity index (χ1) is 7.96. The van der Waals surface area contributed by atoms with E-state index in [1.807, 2.05) is 0 Å². The lowest BCUT2D eigenvalue weighted by atomic mass is 10.2. The number of anilines is 1. The summed E-state index contributed by atoms with van der Waals surface area (Å²) in [6.07, 6.45) is 2.90. The molecule has 0 fully saturated rings. The van der Waals surface area contributed by atoms with Gasteiger partial charge in [0, 0.05) is 17.3 Å². The van der Waals surface area contributed by atoms with Crippen molar-refractivity contribution in [2.45, 2.75) is 6.04 Å². The molecule has 0 radical (unpaired) electrons. The highest BCUT2D eigenvalue weighted by molar-refractivity contribution is 7.94. The Bertz CT molecular complexity index is 580. The van der Waals surface area contributed by atoms with Gasteiger partial charge in [0.05, 0.1) is 11.8 Å². The molecule has 7 heteroatoms. The fourth-order valence-corrected chi connectivity index (χ4v) is 2.75. The number of carboxylic acids is 1. The fraction of sp³-hybridized carbons (Fsp3) is 0.200. The van der Waals surface area contributed by atoms with E-state index in [0.29, 0.717) is 5.69 Å². The number of hydrogen-bond donors (Lipinski definition) is 2. The summed E-state index contributed by atoms with van der Waals surface area (Å²) in [6, 6.07) is 2.62. The van der Waals surface area contributed by atoms with Gasteiger partial charge < -0.3 is 10.4 Å². The van der Waals surface area contributed by atoms with Crippen LogP contribution in [0.25, 0.3) is 0 Å². The minimum absolute atomic E-state index is 0.0161. The molecule has 0 aromatic carbocycles. The molecule has 2 rings (SSSR count). The molecule has 0 amide bonds. The van der Waals surface area contributed by atoms with Gasteiger partial charge in [-0.2, -0.15) is 0 Å². The van der Waals surface area contributed by atoms with Crippen LogP contribution in [0.2, 0.25) is 0 Å². The second kappa shape index (κ2) is 4.17. The normalized spacial score (nSPS) is 21.3. The second-order valence-electron chi connectivity index (χ2n) is 3.64. The van der Waals surface area contributed by atoms with Crippen LogP contribution < -0.4 is 5.32 Å². The average Bonchev–Trinajstić information content (AvgIpc) is 2.58. The summed E-state index contributed by atoms with van der Waals surface area (Å²) < 4.78 is 22.3. The number of pyridine rings is 1. The molecule has 0 spiro atoms. The van der Waals surface area contributed by atoms with Crippen LogP contribution in [0.15, 0.2) is 29.8 Å². The predicted molar refractivity (Wildman–Crippen MR) is 61.5 cm³/mol. The Kier molecular flexibility index (Phi) is 2.84. The minimum Gasteiger partial charge on any atom is -0.477 e. The summed E-state index contributed by atoms with van der Waals surface area (Å²) in [6.45, 7) is 0. The van der Waals surface area contributed by atoms with E-state index in [0.717, 1.165) is 5.41 Å². The second-order valence-corrected chi connectivity index (χ2v) is 5.58. The molecule has 0 saturated heterocycles. The summed E-state index contributed by atoms with van der Waals surface area (Å²) in [5.74, 6) is -1.14. The topological polar surface area (TPSA) is 96.4 Å². The van der Waals surface area contributed by atoms with Crippen molar-refractivity contribution in [2.24, 2.45) is 0 Å². The van der Waals surface area contributed by atoms with Crippen LogP contribution in [-0.4, -0.2) is 36.3 Å². The van der Waals surface area contributed by atoms with Gasteiger partial charge in [0.2, 0.25) is 0 Å². The molecule has 90 valence electrons. The van der Waals surface area contributed by atoms with Crippen LogP contribution in [-0.2, 0) is 9.84 Å². The molecule has 1 aromatic heterocycles. The fourth-order valence-electron chi connectivity index (χ4n) is 1.52. The number of rotatable bonds is 3. The molecular weight excluding hydrogens is 244 g/mol. The molecule has 0 bridgehead atoms. The summed E-state index contributed by atoms with van der Waals surface area (Å²) in [4.78, 5) is 14.4. The van der Waals surface area contributed by atoms with Crippen molar-refractivity contribution >= 4 is 21.5 Å². The molecule has 1 atom stereocenters. The van der Waals surface area contributed by atoms with E-state index in [9.17, 15) is 13.2 Å². The Morgan fingerprint density at radius 3 is 2.88 bits per heavy atom. The van der Waals surface area contributed by atoms with Crippen LogP contribution in [0, 0.1) is 0 Å². The molecule has 0 aliphatic carbocycles. The van der Waals surface area contributed by atoms with Gasteiger partial charge in [-0.1, -0.05) is 6.08 Å². The molecular formula is C10H10N2O4S. The predicted octanol–water partition coefficient (Wildman–Crippen LogP) is 0.502. The molecule has 6 nitrogen and oxygen atoms in total. The van der Waals surface area contributed by atoms with Crippen LogP contribution in [0.3, 0.4) is 0 Å². The lowest BCUT2D eigenvalue weighted by Gasteiger charge is -2.11. The van der Waals surface area contributed by atoms with Crippen molar-refractivity contribution in [1.29, 1.82) is 0 Å². The van der Waals surface area contributed by atoms with Gasteiger partial charge in [0.25, 0.3) is 0 Å². The van der Waals surface area contributed by atoms with Gasteiger partial charge >= 0.3 is 5.97 Å². The number of nitrogens with zero attached hydrogens (tertiary/aromatic N) is 1. The molecule has 1 unspecified atom stereocenters. The zero-order chi connectivity index (χ0) is 12.5. The third kappa shape index (κ3) is 2.82. The van der Waals surface area contributed by atoms with Crippen molar-refractivity contribution in [1.82, 2.24) is 4.98 Å². The van der Waals surface area contributed by atoms with Gasteiger partial charge in [-0.05, 0) is 12.1 Å². The van der Waals surface area contributed by atoms with Crippen molar-refractivity contribution in [3.63, 3.8) is 0 Å². The van der Waals surface area contributed by atoms with Gasteiger partial charge in [0.15, 0.2) is 9.84 Å². The van der Waals surface area contributed by atoms with Crippen LogP contribution in [0.1, 0.15) is 10.5 Å². The summed E-state index contributed by atoms with van der Waals surface area (Å²) in [7, 11) is -3.12. The standard InChI is InChI=1S/C10H10N2O4S/c13-10(14)9-5-7(1-3-11-9)12-8-2-4-17(15,16)6-8/h1-5,8H,6H2,(H,11,12)(H,13,14). The maximum Gasteiger partial charge on any atom is 0.354 e. The first-order valence-corrected chi connectivity index (χ1v) is 6.55. The monoisotopic (exact) mass is 254 g/mol. The Morgan fingerprint density at radius 1 is 1.53 bits per heavy atom. The third-order valence-corrected chi connectivity index (χ3v) is 3.66. The first-order valence-electron chi connectivity index (χ1n) is 4.83. The van der Waals surface area contributed by atoms with Gasteiger partial charge in [-0.25, -0.2) is 18.2 Å². The lowest BCUT2D eigenvalue weighted by molar-refractivity contribution is 0.0690. The third-order valence-electron chi connectivity index (χ3n) is 2.26. The van der Waals surface area contributed by atoms with Gasteiger partial charge in [-0.3, -0.25) is 0 Å². The summed E-state index contributed by atoms with van der Waals surface area (Å²) >= 11 is 0. The van der Waals surface area contributed by atoms with E-state index in [-0.39, 0.29) is 17.5 Å². The molecule has 0 saturated carbocycles. The summed E-state index contributed by atoms with van der Waals surface area (Å²) in [5, 5.41) is 12.8. The van der Waals surface area contributed by atoms with E-state index in [1.165, 1.54) is 18.3 Å². The first kappa shape index (κ1) is 11.6. The lowest BCUT2D eigenvalue weighted by Crippen LogP contribution is -2.21.